The summed E-state index contributed by atoms with van der Waals surface area (Å²) in [5.74, 6) is -1.46. The number of halogens is 2. The van der Waals surface area contributed by atoms with Crippen molar-refractivity contribution in [3.05, 3.63) is 35.4 Å². The number of nitrogens with zero attached hydrogens (tertiary/aromatic N) is 1. The summed E-state index contributed by atoms with van der Waals surface area (Å²) in [7, 11) is 0. The molecule has 1 aromatic rings. The van der Waals surface area contributed by atoms with E-state index in [1.165, 1.54) is 6.07 Å². The average molecular weight is 239 g/mol. The fourth-order valence-electron chi connectivity index (χ4n) is 2.10. The first-order chi connectivity index (χ1) is 8.02. The molecule has 0 saturated carbocycles. The molecule has 1 heterocycles. The first kappa shape index (κ1) is 11.5. The number of nitrogens with one attached hydrogen (secondary N) is 1. The number of primary amides is 1. The molecule has 0 aromatic heterocycles. The fourth-order valence-corrected chi connectivity index (χ4v) is 2.10. The Bertz CT molecular complexity index is 469. The van der Waals surface area contributed by atoms with E-state index in [1.807, 2.05) is 0 Å². The molecule has 0 aliphatic carbocycles. The summed E-state index contributed by atoms with van der Waals surface area (Å²) >= 11 is 0. The lowest BCUT2D eigenvalue weighted by Gasteiger charge is -2.23. The third-order valence-electron chi connectivity index (χ3n) is 2.83. The lowest BCUT2D eigenvalue weighted by molar-refractivity contribution is 0.220. The van der Waals surface area contributed by atoms with Crippen LogP contribution < -0.4 is 5.73 Å². The summed E-state index contributed by atoms with van der Waals surface area (Å²) < 4.78 is 27.2. The second kappa shape index (κ2) is 4.12. The van der Waals surface area contributed by atoms with Gasteiger partial charge in [-0.3, -0.25) is 10.3 Å². The molecule has 0 bridgehead atoms. The fraction of sp³-hybridized carbons (Fsp3) is 0.273. The molecule has 1 unspecified atom stereocenters. The standard InChI is InChI=1S/C11H11F2N3O/c12-6-2-1-3-7(13)10(6)8-4-5-9(14)16(8)11(15)17/h1-3,8,14H,4-5H2,(H2,15,17). The van der Waals surface area contributed by atoms with Crippen LogP contribution in [-0.4, -0.2) is 16.8 Å². The number of urea groups is 1. The number of hydrogen-bond donors (Lipinski definition) is 2. The topological polar surface area (TPSA) is 70.2 Å². The Kier molecular flexibility index (Phi) is 2.79. The average Bonchev–Trinajstić information content (AvgIpc) is 2.60. The van der Waals surface area contributed by atoms with Gasteiger partial charge in [-0.15, -0.1) is 0 Å². The molecule has 1 fully saturated rings. The summed E-state index contributed by atoms with van der Waals surface area (Å²) in [5.41, 5.74) is 4.92. The molecule has 1 saturated heterocycles. The Labute approximate surface area is 96.5 Å². The smallest absolute Gasteiger partial charge is 0.320 e. The van der Waals surface area contributed by atoms with Gasteiger partial charge in [-0.25, -0.2) is 13.6 Å². The van der Waals surface area contributed by atoms with Crippen LogP contribution in [0, 0.1) is 17.0 Å². The minimum atomic E-state index is -0.861. The number of nitrogens with two attached hydrogens (primary N) is 1. The van der Waals surface area contributed by atoms with Crippen molar-refractivity contribution < 1.29 is 13.6 Å². The van der Waals surface area contributed by atoms with Gasteiger partial charge in [-0.1, -0.05) is 6.07 Å². The number of amides is 2. The van der Waals surface area contributed by atoms with Crippen LogP contribution in [0.2, 0.25) is 0 Å². The van der Waals surface area contributed by atoms with Gasteiger partial charge in [0, 0.05) is 12.0 Å². The summed E-state index contributed by atoms with van der Waals surface area (Å²) in [5, 5.41) is 7.54. The zero-order chi connectivity index (χ0) is 12.6. The maximum absolute atomic E-state index is 13.6. The van der Waals surface area contributed by atoms with E-state index in [9.17, 15) is 13.6 Å². The molecule has 4 nitrogen and oxygen atoms in total. The van der Waals surface area contributed by atoms with E-state index in [2.05, 4.69) is 0 Å². The number of rotatable bonds is 1. The zero-order valence-corrected chi connectivity index (χ0v) is 8.91. The van der Waals surface area contributed by atoms with E-state index in [1.54, 1.807) is 0 Å². The van der Waals surface area contributed by atoms with Gasteiger partial charge in [0.15, 0.2) is 0 Å². The molecule has 2 amide bonds. The van der Waals surface area contributed by atoms with E-state index < -0.39 is 23.7 Å². The van der Waals surface area contributed by atoms with E-state index in [4.69, 9.17) is 11.1 Å². The summed E-state index contributed by atoms with van der Waals surface area (Å²) in [6, 6.07) is 1.82. The molecular formula is C11H11F2N3O. The van der Waals surface area contributed by atoms with E-state index in [0.29, 0.717) is 6.42 Å². The second-order valence-corrected chi connectivity index (χ2v) is 3.84. The molecule has 90 valence electrons. The number of carbonyl (C=O) groups excluding carboxylic acids is 1. The highest BCUT2D eigenvalue weighted by Gasteiger charge is 2.36. The number of amidine groups is 1. The number of likely N-dealkylation sites (tertiary alicyclic amines) is 1. The highest BCUT2D eigenvalue weighted by molar-refractivity contribution is 5.97. The first-order valence-corrected chi connectivity index (χ1v) is 5.12. The van der Waals surface area contributed by atoms with Crippen molar-refractivity contribution in [3.63, 3.8) is 0 Å². The molecule has 6 heteroatoms. The molecule has 3 N–H and O–H groups in total. The van der Waals surface area contributed by atoms with E-state index in [0.717, 1.165) is 17.0 Å². The van der Waals surface area contributed by atoms with Crippen LogP contribution in [0.1, 0.15) is 24.4 Å². The maximum Gasteiger partial charge on any atom is 0.320 e. The van der Waals surface area contributed by atoms with Gasteiger partial charge in [0.25, 0.3) is 0 Å². The highest BCUT2D eigenvalue weighted by Crippen LogP contribution is 2.35. The van der Waals surface area contributed by atoms with Gasteiger partial charge in [-0.05, 0) is 18.6 Å². The van der Waals surface area contributed by atoms with Gasteiger partial charge in [0.1, 0.15) is 17.5 Å². The van der Waals surface area contributed by atoms with Crippen molar-refractivity contribution in [3.8, 4) is 0 Å². The largest absolute Gasteiger partial charge is 0.351 e. The number of benzene rings is 1. The van der Waals surface area contributed by atoms with E-state index in [-0.39, 0.29) is 17.8 Å². The Morgan fingerprint density at radius 2 is 2.00 bits per heavy atom. The predicted molar refractivity (Wildman–Crippen MR) is 57.5 cm³/mol. The van der Waals surface area contributed by atoms with Crippen molar-refractivity contribution in [2.45, 2.75) is 18.9 Å². The number of hydrogen-bond acceptors (Lipinski definition) is 2. The third-order valence-corrected chi connectivity index (χ3v) is 2.83. The predicted octanol–water partition coefficient (Wildman–Crippen LogP) is 2.16. The lowest BCUT2D eigenvalue weighted by Crippen LogP contribution is -2.38. The molecule has 0 radical (unpaired) electrons. The molecule has 1 atom stereocenters. The minimum Gasteiger partial charge on any atom is -0.351 e. The van der Waals surface area contributed by atoms with Crippen molar-refractivity contribution >= 4 is 11.9 Å². The first-order valence-electron chi connectivity index (χ1n) is 5.12. The van der Waals surface area contributed by atoms with Crippen LogP contribution in [0.5, 0.6) is 0 Å². The summed E-state index contributed by atoms with van der Waals surface area (Å²) in [6.07, 6.45) is 0.584. The van der Waals surface area contributed by atoms with Gasteiger partial charge in [-0.2, -0.15) is 0 Å². The van der Waals surface area contributed by atoms with Crippen LogP contribution >= 0.6 is 0 Å². The molecular weight excluding hydrogens is 228 g/mol. The third kappa shape index (κ3) is 1.86. The highest BCUT2D eigenvalue weighted by atomic mass is 19.1. The van der Waals surface area contributed by atoms with E-state index >= 15 is 0 Å². The van der Waals surface area contributed by atoms with Crippen LogP contribution in [0.4, 0.5) is 13.6 Å². The summed E-state index contributed by atoms with van der Waals surface area (Å²) in [4.78, 5) is 12.1. The van der Waals surface area contributed by atoms with Crippen molar-refractivity contribution in [1.82, 2.24) is 4.90 Å². The van der Waals surface area contributed by atoms with Crippen LogP contribution in [0.15, 0.2) is 18.2 Å². The molecule has 1 aliphatic rings. The zero-order valence-electron chi connectivity index (χ0n) is 8.91. The Morgan fingerprint density at radius 3 is 2.53 bits per heavy atom. The second-order valence-electron chi connectivity index (χ2n) is 3.84. The molecule has 2 rings (SSSR count). The number of carbonyl (C=O) groups is 1. The monoisotopic (exact) mass is 239 g/mol. The Morgan fingerprint density at radius 1 is 1.41 bits per heavy atom. The normalized spacial score (nSPS) is 19.8. The quantitative estimate of drug-likeness (QED) is 0.774. The van der Waals surface area contributed by atoms with Gasteiger partial charge in [0.2, 0.25) is 0 Å². The van der Waals surface area contributed by atoms with Crippen molar-refractivity contribution in [2.75, 3.05) is 0 Å². The van der Waals surface area contributed by atoms with Crippen LogP contribution in [0.25, 0.3) is 0 Å². The van der Waals surface area contributed by atoms with Crippen molar-refractivity contribution in [2.24, 2.45) is 5.73 Å². The Balaban J connectivity index is 2.46. The van der Waals surface area contributed by atoms with Crippen LogP contribution in [-0.2, 0) is 0 Å². The summed E-state index contributed by atoms with van der Waals surface area (Å²) in [6.45, 7) is 0. The Hall–Kier alpha value is -1.98. The maximum atomic E-state index is 13.6. The minimum absolute atomic E-state index is 0.00912. The van der Waals surface area contributed by atoms with Gasteiger partial charge in [0.05, 0.1) is 6.04 Å². The molecule has 0 spiro atoms. The molecule has 17 heavy (non-hydrogen) atoms. The van der Waals surface area contributed by atoms with Crippen molar-refractivity contribution in [1.29, 1.82) is 5.41 Å². The molecule has 1 aliphatic heterocycles. The molecule has 1 aromatic carbocycles. The van der Waals surface area contributed by atoms with Gasteiger partial charge < -0.3 is 5.73 Å². The van der Waals surface area contributed by atoms with Gasteiger partial charge >= 0.3 is 6.03 Å². The van der Waals surface area contributed by atoms with Crippen LogP contribution in [0.3, 0.4) is 0 Å². The lowest BCUT2D eigenvalue weighted by atomic mass is 10.0. The SMILES string of the molecule is N=C1CCC(c2c(F)cccc2F)N1C(N)=O.